The fourth-order valence-corrected chi connectivity index (χ4v) is 18.4. The molecule has 41 heteroatoms. The zero-order chi connectivity index (χ0) is 92.1. The number of fused-ring (bicyclic) bond motifs is 4. The van der Waals surface area contributed by atoms with Crippen molar-refractivity contribution in [3.63, 3.8) is 0 Å². The minimum atomic E-state index is -4.95. The molecule has 6 fully saturated rings. The monoisotopic (exact) mass is 1850 g/mol. The fraction of sp³-hybridized carbons (Fsp3) is 0.455. The van der Waals surface area contributed by atoms with Gasteiger partial charge in [0.2, 0.25) is 5.91 Å². The Balaban J connectivity index is 0.000000134. The molecule has 6 aliphatic rings. The standard InChI is InChI=1S/C23H28N4O5S.C22H24N4O4S.C20H19F3N4O4S.C12H9N3O2S.C11H19NO3/c1-22(2,3)32-21(29)26-10-8-23(30,9-11-26)13-27-14-24-18-17(25-33-19(18)20(27)28)15-6-5-7-16(12-15)31-4;1-30-16-4-2-3-15(11-16)17-18-19(31-24-17)21(28)26(13-23-18)12-22(29)7-9-25(10-8-22)20(27)14-5-6-14;1-31-13-4-2-3-12(9-13)14-15-16(32-25-14)17(28)27(11-24-15)10-19(30)5-7-26(8-6-19)18(29)20(21,22)23;1-17-8-4-2-3-7(5-8)9-10-11(18-15-9)12(16)14-6-13-10;1-10(2,3)15-9(13)12-6-4-11(5-7-12)8-14-11/h5-7,12,14,30H,8-11,13H2,1-4H3;2-4,11,13-14,29H,5-10,12H2,1H3;2-4,9,11,30H,5-8,10H2,1H3;2-6H,1H3,(H,13,14,16);4-8H2,1-3H3. The van der Waals surface area contributed by atoms with Gasteiger partial charge < -0.3 is 73.1 Å². The van der Waals surface area contributed by atoms with Crippen LogP contribution in [-0.2, 0) is 43.4 Å². The first-order valence-corrected chi connectivity index (χ1v) is 44.8. The highest BCUT2D eigenvalue weighted by Crippen LogP contribution is 2.41. The van der Waals surface area contributed by atoms with Gasteiger partial charge in [-0.3, -0.25) is 42.5 Å². The third-order valence-corrected chi connectivity index (χ3v) is 26.1. The summed E-state index contributed by atoms with van der Waals surface area (Å²) >= 11 is 4.35. The summed E-state index contributed by atoms with van der Waals surface area (Å²) in [5.41, 5.74) is 2.49. The topological polar surface area (TPSA) is 412 Å². The molecule has 12 aromatic rings. The molecule has 0 bridgehead atoms. The molecule has 0 unspecified atom stereocenters. The number of epoxide rings is 1. The Morgan fingerprint density at radius 2 is 0.752 bits per heavy atom. The van der Waals surface area contributed by atoms with E-state index in [-0.39, 0.29) is 91.9 Å². The van der Waals surface area contributed by atoms with Crippen LogP contribution in [0.2, 0.25) is 0 Å². The minimum Gasteiger partial charge on any atom is -0.497 e. The van der Waals surface area contributed by atoms with Gasteiger partial charge in [0, 0.05) is 80.5 Å². The van der Waals surface area contributed by atoms with Crippen LogP contribution >= 0.6 is 46.1 Å². The maximum atomic E-state index is 13.1. The molecule has 8 aromatic heterocycles. The number of piperidine rings is 4. The van der Waals surface area contributed by atoms with E-state index in [1.54, 1.807) is 56.4 Å². The van der Waals surface area contributed by atoms with E-state index in [4.69, 9.17) is 33.2 Å². The summed E-state index contributed by atoms with van der Waals surface area (Å²) < 4.78 is 98.4. The Hall–Kier alpha value is -11.7. The summed E-state index contributed by atoms with van der Waals surface area (Å²) in [7, 11) is 6.36. The lowest BCUT2D eigenvalue weighted by atomic mass is 9.91. The first-order valence-electron chi connectivity index (χ1n) is 41.7. The number of nitrogens with zero attached hydrogens (tertiary/aromatic N) is 15. The van der Waals surface area contributed by atoms with E-state index in [9.17, 15) is 66.8 Å². The normalized spacial score (nSPS) is 16.9. The van der Waals surface area contributed by atoms with Gasteiger partial charge in [-0.05, 0) is 200 Å². The first-order chi connectivity index (χ1) is 61.4. The molecule has 1 aliphatic carbocycles. The molecule has 4 amide bonds. The number of hydrogen-bond donors (Lipinski definition) is 4. The van der Waals surface area contributed by atoms with Crippen LogP contribution < -0.4 is 41.2 Å². The molecule has 0 atom stereocenters. The lowest BCUT2D eigenvalue weighted by molar-refractivity contribution is -0.189. The molecule has 34 nitrogen and oxygen atoms in total. The van der Waals surface area contributed by atoms with E-state index in [1.807, 2.05) is 125 Å². The van der Waals surface area contributed by atoms with Gasteiger partial charge in [-0.1, -0.05) is 48.5 Å². The van der Waals surface area contributed by atoms with Crippen LogP contribution in [0.1, 0.15) is 106 Å². The van der Waals surface area contributed by atoms with E-state index in [0.717, 1.165) is 120 Å². The molecule has 5 aliphatic heterocycles. The average molecular weight is 1850 g/mol. The minimum absolute atomic E-state index is 0.0863. The largest absolute Gasteiger partial charge is 0.497 e. The number of ether oxygens (including phenoxy) is 7. The number of aromatic nitrogens is 12. The van der Waals surface area contributed by atoms with Gasteiger partial charge in [0.05, 0.1) is 102 Å². The van der Waals surface area contributed by atoms with Crippen LogP contribution in [0.5, 0.6) is 23.0 Å². The Bertz CT molecular complexity index is 6330. The number of H-pyrrole nitrogens is 1. The number of rotatable bonds is 15. The van der Waals surface area contributed by atoms with Crippen molar-refractivity contribution in [2.75, 3.05) is 87.4 Å². The van der Waals surface area contributed by atoms with Gasteiger partial charge in [-0.15, -0.1) is 0 Å². The highest BCUT2D eigenvalue weighted by molar-refractivity contribution is 7.14. The third-order valence-electron chi connectivity index (χ3n) is 22.8. The molecule has 129 heavy (non-hydrogen) atoms. The highest BCUT2D eigenvalue weighted by Gasteiger charge is 2.49. The summed E-state index contributed by atoms with van der Waals surface area (Å²) in [5.74, 6) is 1.26. The first kappa shape index (κ1) is 93.4. The number of benzene rings is 4. The van der Waals surface area contributed by atoms with Gasteiger partial charge in [0.15, 0.2) is 0 Å². The van der Waals surface area contributed by atoms with Gasteiger partial charge in [0.25, 0.3) is 22.2 Å². The van der Waals surface area contributed by atoms with Crippen LogP contribution in [0, 0.1) is 5.92 Å². The summed E-state index contributed by atoms with van der Waals surface area (Å²) in [6, 6.07) is 29.6. The number of halogens is 3. The average Bonchev–Trinajstić information content (AvgIpc) is 1.72. The molecule has 18 rings (SSSR count). The van der Waals surface area contributed by atoms with Crippen molar-refractivity contribution in [2.45, 2.75) is 165 Å². The predicted molar refractivity (Wildman–Crippen MR) is 479 cm³/mol. The number of likely N-dealkylation sites (tertiary alicyclic amines) is 4. The number of aliphatic hydroxyl groups is 3. The van der Waals surface area contributed by atoms with E-state index in [0.29, 0.717) is 138 Å². The number of amides is 4. The van der Waals surface area contributed by atoms with E-state index < -0.39 is 45.6 Å². The Labute approximate surface area is 753 Å². The number of aromatic amines is 1. The van der Waals surface area contributed by atoms with Crippen LogP contribution in [-0.4, -0.2) is 242 Å². The molecule has 4 N–H and O–H groups in total. The summed E-state index contributed by atoms with van der Waals surface area (Å²) in [4.78, 5) is 124. The van der Waals surface area contributed by atoms with Crippen molar-refractivity contribution in [3.8, 4) is 68.0 Å². The lowest BCUT2D eigenvalue weighted by Crippen LogP contribution is -2.52. The van der Waals surface area contributed by atoms with Crippen LogP contribution in [0.25, 0.3) is 85.9 Å². The third kappa shape index (κ3) is 22.4. The van der Waals surface area contributed by atoms with E-state index >= 15 is 0 Å². The van der Waals surface area contributed by atoms with Crippen molar-refractivity contribution < 1.29 is 80.8 Å². The zero-order valence-corrected chi connectivity index (χ0v) is 75.9. The molecule has 0 radical (unpaired) electrons. The summed E-state index contributed by atoms with van der Waals surface area (Å²) in [6.07, 6.45) is 5.38. The molecule has 1 saturated carbocycles. The van der Waals surface area contributed by atoms with Gasteiger partial charge in [-0.25, -0.2) is 29.5 Å². The highest BCUT2D eigenvalue weighted by atomic mass is 32.1. The second-order valence-electron chi connectivity index (χ2n) is 34.5. The van der Waals surface area contributed by atoms with Crippen molar-refractivity contribution in [1.82, 2.24) is 75.7 Å². The van der Waals surface area contributed by atoms with Gasteiger partial charge in [-0.2, -0.15) is 30.7 Å². The Morgan fingerprint density at radius 3 is 1.05 bits per heavy atom. The van der Waals surface area contributed by atoms with Crippen LogP contribution in [0.15, 0.2) is 142 Å². The van der Waals surface area contributed by atoms with Crippen molar-refractivity contribution >= 4 is 111 Å². The molecule has 5 saturated heterocycles. The molecular formula is C88H99F3N16O18S4. The smallest absolute Gasteiger partial charge is 0.471 e. The Morgan fingerprint density at radius 1 is 0.450 bits per heavy atom. The number of carbonyl (C=O) groups excluding carboxylic acids is 4. The summed E-state index contributed by atoms with van der Waals surface area (Å²) in [6.45, 7) is 14.9. The Kier molecular flexibility index (Phi) is 27.9. The molecule has 13 heterocycles. The number of alkyl halides is 3. The maximum Gasteiger partial charge on any atom is 0.471 e. The number of carbonyl (C=O) groups is 4. The maximum absolute atomic E-state index is 13.1. The van der Waals surface area contributed by atoms with Gasteiger partial charge in [0.1, 0.15) is 97.8 Å². The number of methoxy groups -OCH3 is 4. The van der Waals surface area contributed by atoms with Crippen molar-refractivity contribution in [1.29, 1.82) is 0 Å². The zero-order valence-electron chi connectivity index (χ0n) is 72.6. The SMILES string of the molecule is CC(C)(C)OC(=O)N1CCC2(CC1)CO2.COc1cccc(-c2nsc3c(=O)[nH]cnc23)c1.COc1cccc(-c2nsc3c(=O)n(CC4(O)CCN(C(=O)C(F)(F)F)CC4)cnc23)c1.COc1cccc(-c2nsc3c(=O)n(CC4(O)CCN(C(=O)C5CC5)CC4)cnc23)c1.COc1cccc(-c2nsc3c(=O)n(CC4(O)CCN(C(=O)OC(C)(C)C)CC4)cnc23)c1. The second-order valence-corrected chi connectivity index (χ2v) is 37.6. The fourth-order valence-electron chi connectivity index (χ4n) is 15.2. The molecular weight excluding hydrogens is 1750 g/mol. The van der Waals surface area contributed by atoms with Crippen molar-refractivity contribution in [3.05, 3.63) is 164 Å². The lowest BCUT2D eigenvalue weighted by Gasteiger charge is -2.38. The number of hydrogen-bond acceptors (Lipinski definition) is 30. The van der Waals surface area contributed by atoms with Crippen molar-refractivity contribution in [2.24, 2.45) is 5.92 Å². The van der Waals surface area contributed by atoms with E-state index in [2.05, 4.69) is 42.4 Å². The van der Waals surface area contributed by atoms with Crippen LogP contribution in [0.4, 0.5) is 22.8 Å². The molecule has 1 spiro atoms. The predicted octanol–water partition coefficient (Wildman–Crippen LogP) is 11.9. The van der Waals surface area contributed by atoms with Crippen LogP contribution in [0.3, 0.4) is 0 Å². The number of nitrogens with one attached hydrogen (secondary N) is 1. The molecule has 684 valence electrons. The van der Waals surface area contributed by atoms with E-state index in [1.165, 1.54) is 39.0 Å². The molecule has 4 aromatic carbocycles. The quantitative estimate of drug-likeness (QED) is 0.0693. The van der Waals surface area contributed by atoms with Gasteiger partial charge >= 0.3 is 24.3 Å². The summed E-state index contributed by atoms with van der Waals surface area (Å²) in [5, 5.41) is 33.0. The second kappa shape index (κ2) is 38.5.